The predicted octanol–water partition coefficient (Wildman–Crippen LogP) is 2.34. The quantitative estimate of drug-likeness (QED) is 0.807. The lowest BCUT2D eigenvalue weighted by atomic mass is 10.0. The van der Waals surface area contributed by atoms with Crippen LogP contribution in [0.5, 0.6) is 0 Å². The number of nitrogens with one attached hydrogen (secondary N) is 1. The number of nitrogens with zero attached hydrogens (tertiary/aromatic N) is 1. The minimum atomic E-state index is -0.545. The molecule has 0 aliphatic rings. The van der Waals surface area contributed by atoms with Gasteiger partial charge in [-0.2, -0.15) is 0 Å². The minimum absolute atomic E-state index is 0.229. The van der Waals surface area contributed by atoms with E-state index in [4.69, 9.17) is 16.2 Å². The number of aromatic nitrogens is 1. The third-order valence-electron chi connectivity index (χ3n) is 3.08. The highest BCUT2D eigenvalue weighted by atomic mass is 16.6. The zero-order valence-corrected chi connectivity index (χ0v) is 13.1. The number of benzene rings is 1. The standard InChI is InChI=1S/C16H22N4O2/c1-16(2,3)22-15(21)20-9-12(18)14-10-6-4-5-7-13(10)19-8-11(14)17/h4-8,12H,9,17-18H2,1-3H3,(H,20,21). The number of hydrogen-bond acceptors (Lipinski definition) is 5. The largest absolute Gasteiger partial charge is 0.444 e. The second kappa shape index (κ2) is 6.19. The van der Waals surface area contributed by atoms with Crippen molar-refractivity contribution >= 4 is 22.7 Å². The molecule has 5 N–H and O–H groups in total. The molecular weight excluding hydrogens is 280 g/mol. The van der Waals surface area contributed by atoms with Crippen LogP contribution < -0.4 is 16.8 Å². The minimum Gasteiger partial charge on any atom is -0.444 e. The summed E-state index contributed by atoms with van der Waals surface area (Å²) in [5, 5.41) is 3.56. The number of anilines is 1. The van der Waals surface area contributed by atoms with Gasteiger partial charge in [0.15, 0.2) is 0 Å². The molecule has 2 aromatic rings. The number of alkyl carbamates (subject to hydrolysis) is 1. The fourth-order valence-corrected chi connectivity index (χ4v) is 2.20. The average Bonchev–Trinajstić information content (AvgIpc) is 2.43. The molecule has 22 heavy (non-hydrogen) atoms. The van der Waals surface area contributed by atoms with Gasteiger partial charge >= 0.3 is 6.09 Å². The first-order chi connectivity index (χ1) is 10.3. The summed E-state index contributed by atoms with van der Waals surface area (Å²) in [6.45, 7) is 5.65. The highest BCUT2D eigenvalue weighted by Crippen LogP contribution is 2.26. The molecule has 0 fully saturated rings. The van der Waals surface area contributed by atoms with E-state index < -0.39 is 17.7 Å². The lowest BCUT2D eigenvalue weighted by Gasteiger charge is -2.21. The second-order valence-corrected chi connectivity index (χ2v) is 6.13. The molecular formula is C16H22N4O2. The Bertz CT molecular complexity index is 679. The number of pyridine rings is 1. The van der Waals surface area contributed by atoms with E-state index in [0.29, 0.717) is 5.69 Å². The fourth-order valence-electron chi connectivity index (χ4n) is 2.20. The van der Waals surface area contributed by atoms with Crippen LogP contribution in [0.2, 0.25) is 0 Å². The Morgan fingerprint density at radius 1 is 1.36 bits per heavy atom. The van der Waals surface area contributed by atoms with Gasteiger partial charge in [-0.1, -0.05) is 18.2 Å². The Morgan fingerprint density at radius 3 is 2.73 bits per heavy atom. The Morgan fingerprint density at radius 2 is 2.05 bits per heavy atom. The summed E-state index contributed by atoms with van der Waals surface area (Å²) in [4.78, 5) is 16.0. The first-order valence-corrected chi connectivity index (χ1v) is 7.13. The zero-order valence-electron chi connectivity index (χ0n) is 13.1. The van der Waals surface area contributed by atoms with E-state index in [9.17, 15) is 4.79 Å². The maximum absolute atomic E-state index is 11.7. The normalized spacial score (nSPS) is 12.9. The van der Waals surface area contributed by atoms with Gasteiger partial charge in [-0.15, -0.1) is 0 Å². The highest BCUT2D eigenvalue weighted by molar-refractivity contribution is 5.86. The van der Waals surface area contributed by atoms with Crippen LogP contribution in [0.4, 0.5) is 10.5 Å². The number of carbonyl (C=O) groups excluding carboxylic acids is 1. The summed E-state index contributed by atoms with van der Waals surface area (Å²) in [5.74, 6) is 0. The molecule has 118 valence electrons. The van der Waals surface area contributed by atoms with Crippen LogP contribution in [0, 0.1) is 0 Å². The molecule has 6 heteroatoms. The lowest BCUT2D eigenvalue weighted by Crippen LogP contribution is -2.36. The van der Waals surface area contributed by atoms with Crippen molar-refractivity contribution in [2.24, 2.45) is 5.73 Å². The van der Waals surface area contributed by atoms with Gasteiger partial charge in [0.05, 0.1) is 23.4 Å². The first-order valence-electron chi connectivity index (χ1n) is 7.13. The first kappa shape index (κ1) is 16.0. The summed E-state index contributed by atoms with van der Waals surface area (Å²) >= 11 is 0. The number of rotatable bonds is 3. The molecule has 0 saturated heterocycles. The maximum Gasteiger partial charge on any atom is 0.407 e. The second-order valence-electron chi connectivity index (χ2n) is 6.13. The third-order valence-corrected chi connectivity index (χ3v) is 3.08. The van der Waals surface area contributed by atoms with Crippen molar-refractivity contribution in [1.82, 2.24) is 10.3 Å². The van der Waals surface area contributed by atoms with E-state index in [-0.39, 0.29) is 6.54 Å². The van der Waals surface area contributed by atoms with Gasteiger partial charge in [0.2, 0.25) is 0 Å². The molecule has 1 amide bonds. The van der Waals surface area contributed by atoms with E-state index in [1.165, 1.54) is 0 Å². The zero-order chi connectivity index (χ0) is 16.3. The van der Waals surface area contributed by atoms with Crippen molar-refractivity contribution < 1.29 is 9.53 Å². The molecule has 1 heterocycles. The van der Waals surface area contributed by atoms with E-state index in [2.05, 4.69) is 10.3 Å². The molecule has 0 radical (unpaired) electrons. The van der Waals surface area contributed by atoms with Crippen molar-refractivity contribution in [2.75, 3.05) is 12.3 Å². The van der Waals surface area contributed by atoms with Gasteiger partial charge in [-0.05, 0) is 26.8 Å². The maximum atomic E-state index is 11.7. The van der Waals surface area contributed by atoms with Crippen molar-refractivity contribution in [2.45, 2.75) is 32.4 Å². The third kappa shape index (κ3) is 3.85. The van der Waals surface area contributed by atoms with Crippen LogP contribution >= 0.6 is 0 Å². The summed E-state index contributed by atoms with van der Waals surface area (Å²) in [7, 11) is 0. The smallest absolute Gasteiger partial charge is 0.407 e. The highest BCUT2D eigenvalue weighted by Gasteiger charge is 2.19. The molecule has 0 aliphatic carbocycles. The Hall–Kier alpha value is -2.34. The van der Waals surface area contributed by atoms with Gasteiger partial charge < -0.3 is 21.5 Å². The number of carbonyl (C=O) groups is 1. The summed E-state index contributed by atoms with van der Waals surface area (Å²) in [5.41, 5.74) is 13.8. The lowest BCUT2D eigenvalue weighted by molar-refractivity contribution is 0.0524. The molecule has 0 saturated carbocycles. The Labute approximate surface area is 129 Å². The van der Waals surface area contributed by atoms with Gasteiger partial charge in [-0.25, -0.2) is 4.79 Å². The molecule has 0 aliphatic heterocycles. The molecule has 1 aromatic heterocycles. The van der Waals surface area contributed by atoms with Gasteiger partial charge in [-0.3, -0.25) is 4.98 Å². The number of para-hydroxylation sites is 1. The molecule has 6 nitrogen and oxygen atoms in total. The fraction of sp³-hybridized carbons (Fsp3) is 0.375. The van der Waals surface area contributed by atoms with Crippen molar-refractivity contribution in [1.29, 1.82) is 0 Å². The number of hydrogen-bond donors (Lipinski definition) is 3. The van der Waals surface area contributed by atoms with Gasteiger partial charge in [0, 0.05) is 17.5 Å². The topological polar surface area (TPSA) is 103 Å². The molecule has 0 bridgehead atoms. The SMILES string of the molecule is CC(C)(C)OC(=O)NCC(N)c1c(N)cnc2ccccc12. The van der Waals surface area contributed by atoms with Crippen LogP contribution in [0.25, 0.3) is 10.9 Å². The van der Waals surface area contributed by atoms with Crippen LogP contribution in [0.15, 0.2) is 30.5 Å². The molecule has 1 atom stereocenters. The number of amides is 1. The van der Waals surface area contributed by atoms with Crippen molar-refractivity contribution in [3.63, 3.8) is 0 Å². The number of nitrogens with two attached hydrogens (primary N) is 2. The van der Waals surface area contributed by atoms with E-state index in [1.807, 2.05) is 24.3 Å². The molecule has 1 aromatic carbocycles. The molecule has 0 spiro atoms. The predicted molar refractivity (Wildman–Crippen MR) is 87.3 cm³/mol. The summed E-state index contributed by atoms with van der Waals surface area (Å²) < 4.78 is 5.19. The van der Waals surface area contributed by atoms with Crippen LogP contribution in [0.3, 0.4) is 0 Å². The Kier molecular flexibility index (Phi) is 4.51. The number of fused-ring (bicyclic) bond motifs is 1. The van der Waals surface area contributed by atoms with Gasteiger partial charge in [0.1, 0.15) is 5.60 Å². The van der Waals surface area contributed by atoms with Crippen molar-refractivity contribution in [3.05, 3.63) is 36.0 Å². The van der Waals surface area contributed by atoms with Crippen LogP contribution in [-0.2, 0) is 4.74 Å². The molecule has 2 rings (SSSR count). The van der Waals surface area contributed by atoms with Gasteiger partial charge in [0.25, 0.3) is 0 Å². The summed E-state index contributed by atoms with van der Waals surface area (Å²) in [6.07, 6.45) is 1.09. The average molecular weight is 302 g/mol. The Balaban J connectivity index is 2.15. The number of nitrogen functional groups attached to an aromatic ring is 1. The monoisotopic (exact) mass is 302 g/mol. The molecule has 1 unspecified atom stereocenters. The van der Waals surface area contributed by atoms with E-state index >= 15 is 0 Å². The number of ether oxygens (including phenoxy) is 1. The van der Waals surface area contributed by atoms with Crippen molar-refractivity contribution in [3.8, 4) is 0 Å². The van der Waals surface area contributed by atoms with Crippen LogP contribution in [-0.4, -0.2) is 23.2 Å². The van der Waals surface area contributed by atoms with Crippen LogP contribution in [0.1, 0.15) is 32.4 Å². The van der Waals surface area contributed by atoms with E-state index in [0.717, 1.165) is 16.5 Å². The van der Waals surface area contributed by atoms with E-state index in [1.54, 1.807) is 27.0 Å². The summed E-state index contributed by atoms with van der Waals surface area (Å²) in [6, 6.07) is 7.18.